The number of ether oxygens (including phenoxy) is 1. The zero-order valence-corrected chi connectivity index (χ0v) is 17.4. The van der Waals surface area contributed by atoms with E-state index in [0.29, 0.717) is 30.5 Å². The first-order valence-electron chi connectivity index (χ1n) is 10.6. The fourth-order valence-electron chi connectivity index (χ4n) is 3.76. The molecule has 2 aromatic heterocycles. The summed E-state index contributed by atoms with van der Waals surface area (Å²) in [5.41, 5.74) is 4.95. The molecule has 0 bridgehead atoms. The summed E-state index contributed by atoms with van der Waals surface area (Å²) in [6.07, 6.45) is 5.64. The number of nitrogens with zero attached hydrogens (tertiary/aromatic N) is 5. The van der Waals surface area contributed by atoms with Crippen LogP contribution in [-0.2, 0) is 4.74 Å². The molecule has 8 nitrogen and oxygen atoms in total. The van der Waals surface area contributed by atoms with Crippen LogP contribution >= 0.6 is 0 Å². The fraction of sp³-hybridized carbons (Fsp3) is 0.348. The third kappa shape index (κ3) is 4.39. The van der Waals surface area contributed by atoms with Gasteiger partial charge < -0.3 is 15.0 Å². The van der Waals surface area contributed by atoms with Gasteiger partial charge in [-0.05, 0) is 55.0 Å². The fourth-order valence-corrected chi connectivity index (χ4v) is 3.76. The summed E-state index contributed by atoms with van der Waals surface area (Å²) in [6.45, 7) is 5.05. The van der Waals surface area contributed by atoms with Crippen LogP contribution in [-0.4, -0.2) is 52.4 Å². The molecular weight excluding hydrogens is 392 g/mol. The van der Waals surface area contributed by atoms with Crippen LogP contribution < -0.4 is 10.2 Å². The van der Waals surface area contributed by atoms with E-state index >= 15 is 0 Å². The predicted molar refractivity (Wildman–Crippen MR) is 117 cm³/mol. The molecule has 8 heteroatoms. The summed E-state index contributed by atoms with van der Waals surface area (Å²) in [5.74, 6) is 1.14. The van der Waals surface area contributed by atoms with Crippen LogP contribution in [0.15, 0.2) is 42.9 Å². The Balaban J connectivity index is 1.38. The van der Waals surface area contributed by atoms with Gasteiger partial charge in [-0.3, -0.25) is 4.79 Å². The van der Waals surface area contributed by atoms with E-state index in [0.717, 1.165) is 54.1 Å². The minimum atomic E-state index is -0.263. The standard InChI is InChI=1S/C23H24N6O2/c1-15-2-5-18(27-23(30)21-10-17(13-26-28-21)16-3-4-16)11-19(15)20-12-22(25-14-24-20)29-6-8-31-9-7-29/h2,5,10-14,16H,3-4,6-9H2,1H3,(H,27,30). The molecule has 31 heavy (non-hydrogen) atoms. The average molecular weight is 416 g/mol. The van der Waals surface area contributed by atoms with E-state index in [1.165, 1.54) is 0 Å². The van der Waals surface area contributed by atoms with Crippen molar-refractivity contribution in [3.63, 3.8) is 0 Å². The topological polar surface area (TPSA) is 93.1 Å². The number of rotatable bonds is 5. The molecule has 3 heterocycles. The summed E-state index contributed by atoms with van der Waals surface area (Å²) in [7, 11) is 0. The second-order valence-electron chi connectivity index (χ2n) is 7.99. The van der Waals surface area contributed by atoms with E-state index in [1.54, 1.807) is 12.5 Å². The molecule has 1 saturated heterocycles. The predicted octanol–water partition coefficient (Wildman–Crippen LogP) is 3.21. The van der Waals surface area contributed by atoms with Crippen molar-refractivity contribution < 1.29 is 9.53 Å². The molecule has 1 aliphatic heterocycles. The highest BCUT2D eigenvalue weighted by molar-refractivity contribution is 6.03. The number of anilines is 2. The second kappa shape index (κ2) is 8.39. The highest BCUT2D eigenvalue weighted by Crippen LogP contribution is 2.39. The first kappa shape index (κ1) is 19.6. The molecule has 2 fully saturated rings. The number of morpholine rings is 1. The van der Waals surface area contributed by atoms with Crippen LogP contribution in [0.1, 0.15) is 40.4 Å². The molecular formula is C23H24N6O2. The number of nitrogens with one attached hydrogen (secondary N) is 1. The number of carbonyl (C=O) groups is 1. The van der Waals surface area contributed by atoms with Crippen LogP contribution in [0.3, 0.4) is 0 Å². The van der Waals surface area contributed by atoms with Gasteiger partial charge in [0.2, 0.25) is 0 Å². The zero-order chi connectivity index (χ0) is 21.2. The van der Waals surface area contributed by atoms with Gasteiger partial charge in [0.05, 0.1) is 25.1 Å². The van der Waals surface area contributed by atoms with E-state index in [9.17, 15) is 4.79 Å². The maximum atomic E-state index is 12.7. The van der Waals surface area contributed by atoms with Gasteiger partial charge in [-0.25, -0.2) is 9.97 Å². The highest BCUT2D eigenvalue weighted by Gasteiger charge is 2.25. The minimum absolute atomic E-state index is 0.263. The smallest absolute Gasteiger partial charge is 0.276 e. The van der Waals surface area contributed by atoms with Crippen molar-refractivity contribution >= 4 is 17.4 Å². The lowest BCUT2D eigenvalue weighted by molar-refractivity contribution is 0.102. The van der Waals surface area contributed by atoms with Gasteiger partial charge in [0.1, 0.15) is 12.1 Å². The van der Waals surface area contributed by atoms with Crippen molar-refractivity contribution in [1.82, 2.24) is 20.2 Å². The number of hydrogen-bond acceptors (Lipinski definition) is 7. The number of aromatic nitrogens is 4. The van der Waals surface area contributed by atoms with Gasteiger partial charge in [0.25, 0.3) is 5.91 Å². The first-order valence-corrected chi connectivity index (χ1v) is 10.6. The monoisotopic (exact) mass is 416 g/mol. The number of carbonyl (C=O) groups excluding carboxylic acids is 1. The normalized spacial score (nSPS) is 16.2. The van der Waals surface area contributed by atoms with Crippen molar-refractivity contribution in [3.8, 4) is 11.3 Å². The Bertz CT molecular complexity index is 1110. The summed E-state index contributed by atoms with van der Waals surface area (Å²) in [4.78, 5) is 23.8. The number of amides is 1. The van der Waals surface area contributed by atoms with Crippen LogP contribution in [0.5, 0.6) is 0 Å². The third-order valence-corrected chi connectivity index (χ3v) is 5.72. The van der Waals surface area contributed by atoms with Gasteiger partial charge >= 0.3 is 0 Å². The summed E-state index contributed by atoms with van der Waals surface area (Å²) < 4.78 is 5.43. The van der Waals surface area contributed by atoms with Crippen molar-refractivity contribution in [2.75, 3.05) is 36.5 Å². The molecule has 0 unspecified atom stereocenters. The molecule has 0 spiro atoms. The Labute approximate surface area is 180 Å². The van der Waals surface area contributed by atoms with Crippen LogP contribution in [0.4, 0.5) is 11.5 Å². The minimum Gasteiger partial charge on any atom is -0.378 e. The van der Waals surface area contributed by atoms with E-state index in [2.05, 4.69) is 30.4 Å². The van der Waals surface area contributed by atoms with Gasteiger partial charge in [-0.2, -0.15) is 5.10 Å². The van der Waals surface area contributed by atoms with Crippen molar-refractivity contribution in [1.29, 1.82) is 0 Å². The SMILES string of the molecule is Cc1ccc(NC(=O)c2cc(C3CC3)cnn2)cc1-c1cc(N2CCOCC2)ncn1. The van der Waals surface area contributed by atoms with Crippen LogP contribution in [0.25, 0.3) is 11.3 Å². The molecule has 158 valence electrons. The Morgan fingerprint density at radius 3 is 2.77 bits per heavy atom. The first-order chi connectivity index (χ1) is 15.2. The Morgan fingerprint density at radius 1 is 1.13 bits per heavy atom. The van der Waals surface area contributed by atoms with E-state index in [4.69, 9.17) is 4.74 Å². The number of aryl methyl sites for hydroxylation is 1. The van der Waals surface area contributed by atoms with Crippen LogP contribution in [0.2, 0.25) is 0 Å². The Hall–Kier alpha value is -3.39. The van der Waals surface area contributed by atoms with Crippen molar-refractivity contribution in [2.45, 2.75) is 25.7 Å². The lowest BCUT2D eigenvalue weighted by Gasteiger charge is -2.27. The molecule has 1 aliphatic carbocycles. The Morgan fingerprint density at radius 2 is 1.97 bits per heavy atom. The van der Waals surface area contributed by atoms with E-state index in [1.807, 2.05) is 37.3 Å². The lowest BCUT2D eigenvalue weighted by Crippen LogP contribution is -2.36. The van der Waals surface area contributed by atoms with Gasteiger partial charge in [0, 0.05) is 30.4 Å². The molecule has 0 atom stereocenters. The van der Waals surface area contributed by atoms with E-state index < -0.39 is 0 Å². The molecule has 0 radical (unpaired) electrons. The van der Waals surface area contributed by atoms with Gasteiger partial charge in [-0.1, -0.05) is 6.07 Å². The van der Waals surface area contributed by atoms with Crippen LogP contribution in [0, 0.1) is 6.92 Å². The summed E-state index contributed by atoms with van der Waals surface area (Å²) in [5, 5.41) is 11.0. The molecule has 2 aliphatic rings. The molecule has 1 amide bonds. The highest BCUT2D eigenvalue weighted by atomic mass is 16.5. The molecule has 1 N–H and O–H groups in total. The summed E-state index contributed by atoms with van der Waals surface area (Å²) >= 11 is 0. The number of hydrogen-bond donors (Lipinski definition) is 1. The maximum absolute atomic E-state index is 12.7. The maximum Gasteiger partial charge on any atom is 0.276 e. The average Bonchev–Trinajstić information content (AvgIpc) is 3.67. The van der Waals surface area contributed by atoms with Gasteiger partial charge in [-0.15, -0.1) is 5.10 Å². The quantitative estimate of drug-likeness (QED) is 0.683. The number of benzene rings is 1. The molecule has 1 saturated carbocycles. The Kier molecular flexibility index (Phi) is 5.30. The zero-order valence-electron chi connectivity index (χ0n) is 17.4. The molecule has 3 aromatic rings. The largest absolute Gasteiger partial charge is 0.378 e. The van der Waals surface area contributed by atoms with Crippen molar-refractivity contribution in [2.24, 2.45) is 0 Å². The molecule has 5 rings (SSSR count). The third-order valence-electron chi connectivity index (χ3n) is 5.72. The second-order valence-corrected chi connectivity index (χ2v) is 7.99. The van der Waals surface area contributed by atoms with Gasteiger partial charge in [0.15, 0.2) is 5.69 Å². The van der Waals surface area contributed by atoms with Crippen molar-refractivity contribution in [3.05, 3.63) is 59.7 Å². The lowest BCUT2D eigenvalue weighted by atomic mass is 10.0. The molecule has 1 aromatic carbocycles. The van der Waals surface area contributed by atoms with E-state index in [-0.39, 0.29) is 5.91 Å². The summed E-state index contributed by atoms with van der Waals surface area (Å²) in [6, 6.07) is 9.64.